The summed E-state index contributed by atoms with van der Waals surface area (Å²) >= 11 is 0. The third-order valence-electron chi connectivity index (χ3n) is 9.61. The van der Waals surface area contributed by atoms with Gasteiger partial charge in [0.05, 0.1) is 22.8 Å². The Hall–Kier alpha value is -5.93. The Morgan fingerprint density at radius 3 is 1.96 bits per heavy atom. The van der Waals surface area contributed by atoms with E-state index in [1.54, 1.807) is 0 Å². The Balaban J connectivity index is 1.14. The SMILES string of the molecule is c1ccc2c(c1)NC1c3c(cc(-c4ccc5cc(-c6ccc7ccccc7c6)ccc5c4)c4ccccc34)-c3ncccc3N21. The van der Waals surface area contributed by atoms with Crippen LogP contribution >= 0.6 is 0 Å². The van der Waals surface area contributed by atoms with Crippen molar-refractivity contribution in [1.82, 2.24) is 4.98 Å². The van der Waals surface area contributed by atoms with Crippen LogP contribution < -0.4 is 10.2 Å². The minimum Gasteiger partial charge on any atom is -0.359 e. The molecule has 1 atom stereocenters. The van der Waals surface area contributed by atoms with Gasteiger partial charge in [0.25, 0.3) is 0 Å². The topological polar surface area (TPSA) is 28.2 Å². The quantitative estimate of drug-likeness (QED) is 0.223. The molecule has 0 amide bonds. The summed E-state index contributed by atoms with van der Waals surface area (Å²) in [5, 5.41) is 11.3. The van der Waals surface area contributed by atoms with Crippen molar-refractivity contribution in [2.45, 2.75) is 6.17 Å². The lowest BCUT2D eigenvalue weighted by atomic mass is 9.85. The fourth-order valence-corrected chi connectivity index (χ4v) is 7.51. The first-order valence-corrected chi connectivity index (χ1v) is 15.5. The molecule has 8 aromatic rings. The molecule has 3 heterocycles. The summed E-state index contributed by atoms with van der Waals surface area (Å²) in [6.07, 6.45) is 1.91. The minimum absolute atomic E-state index is 0.00168. The number of hydrogen-bond acceptors (Lipinski definition) is 3. The lowest BCUT2D eigenvalue weighted by molar-refractivity contribution is 0.822. The number of nitrogens with one attached hydrogen (secondary N) is 1. The van der Waals surface area contributed by atoms with Crippen molar-refractivity contribution in [3.8, 4) is 33.5 Å². The van der Waals surface area contributed by atoms with Gasteiger partial charge in [-0.05, 0) is 103 Å². The zero-order valence-corrected chi connectivity index (χ0v) is 24.4. The summed E-state index contributed by atoms with van der Waals surface area (Å²) < 4.78 is 0. The molecule has 0 fully saturated rings. The Kier molecular flexibility index (Phi) is 5.06. The predicted molar refractivity (Wildman–Crippen MR) is 188 cm³/mol. The van der Waals surface area contributed by atoms with Crippen LogP contribution in [0.1, 0.15) is 11.7 Å². The average Bonchev–Trinajstić information content (AvgIpc) is 3.50. The van der Waals surface area contributed by atoms with Crippen LogP contribution in [0.5, 0.6) is 0 Å². The van der Waals surface area contributed by atoms with Crippen molar-refractivity contribution in [1.29, 1.82) is 0 Å². The van der Waals surface area contributed by atoms with Gasteiger partial charge in [0.15, 0.2) is 0 Å². The predicted octanol–water partition coefficient (Wildman–Crippen LogP) is 11.1. The number of pyridine rings is 1. The Morgan fingerprint density at radius 2 is 1.11 bits per heavy atom. The summed E-state index contributed by atoms with van der Waals surface area (Å²) in [5.74, 6) is 0. The van der Waals surface area contributed by atoms with E-state index < -0.39 is 0 Å². The lowest BCUT2D eigenvalue weighted by Gasteiger charge is -2.35. The van der Waals surface area contributed by atoms with E-state index in [4.69, 9.17) is 4.98 Å². The number of anilines is 3. The zero-order chi connectivity index (χ0) is 29.5. The molecule has 0 aliphatic carbocycles. The normalized spacial score (nSPS) is 14.6. The van der Waals surface area contributed by atoms with E-state index in [1.807, 2.05) is 12.3 Å². The van der Waals surface area contributed by atoms with Crippen LogP contribution in [0.25, 0.3) is 65.8 Å². The largest absolute Gasteiger partial charge is 0.359 e. The molecule has 10 rings (SSSR count). The van der Waals surface area contributed by atoms with Crippen LogP contribution in [0.2, 0.25) is 0 Å². The van der Waals surface area contributed by atoms with Crippen LogP contribution in [0.3, 0.4) is 0 Å². The lowest BCUT2D eigenvalue weighted by Crippen LogP contribution is -2.28. The maximum absolute atomic E-state index is 4.97. The molecule has 1 aromatic heterocycles. The molecule has 7 aromatic carbocycles. The maximum Gasteiger partial charge on any atom is 0.131 e. The van der Waals surface area contributed by atoms with Gasteiger partial charge in [-0.25, -0.2) is 0 Å². The third-order valence-corrected chi connectivity index (χ3v) is 9.61. The van der Waals surface area contributed by atoms with Gasteiger partial charge in [0.2, 0.25) is 0 Å². The monoisotopic (exact) mass is 573 g/mol. The first-order chi connectivity index (χ1) is 22.3. The Bertz CT molecular complexity index is 2490. The van der Waals surface area contributed by atoms with Gasteiger partial charge >= 0.3 is 0 Å². The molecule has 45 heavy (non-hydrogen) atoms. The van der Waals surface area contributed by atoms with E-state index in [0.29, 0.717) is 0 Å². The van der Waals surface area contributed by atoms with E-state index in [2.05, 4.69) is 150 Å². The van der Waals surface area contributed by atoms with E-state index in [9.17, 15) is 0 Å². The number of hydrogen-bond donors (Lipinski definition) is 1. The molecule has 1 N–H and O–H groups in total. The number of benzene rings is 7. The van der Waals surface area contributed by atoms with Gasteiger partial charge in [0, 0.05) is 17.3 Å². The van der Waals surface area contributed by atoms with Gasteiger partial charge in [0.1, 0.15) is 6.17 Å². The summed E-state index contributed by atoms with van der Waals surface area (Å²) in [6.45, 7) is 0. The summed E-state index contributed by atoms with van der Waals surface area (Å²) in [4.78, 5) is 7.39. The second-order valence-corrected chi connectivity index (χ2v) is 12.1. The number of aromatic nitrogens is 1. The summed E-state index contributed by atoms with van der Waals surface area (Å²) in [5.41, 5.74) is 11.9. The zero-order valence-electron chi connectivity index (χ0n) is 24.4. The molecule has 0 spiro atoms. The standard InChI is InChI=1S/C42H27N3/c1-2-9-27-22-28(16-15-26(27)8-1)29-17-18-31-24-32(20-19-30(31)23-29)35-25-36-40(34-11-4-3-10-33(34)35)42-44-37-12-5-6-13-38(37)45(42)39-14-7-21-43-41(36)39/h1-25,42,44H. The third kappa shape index (κ3) is 3.61. The second-order valence-electron chi connectivity index (χ2n) is 12.1. The van der Waals surface area contributed by atoms with Crippen molar-refractivity contribution in [2.24, 2.45) is 0 Å². The average molecular weight is 574 g/mol. The fraction of sp³-hybridized carbons (Fsp3) is 0.0238. The smallest absolute Gasteiger partial charge is 0.131 e. The highest BCUT2D eigenvalue weighted by Gasteiger charge is 2.39. The summed E-state index contributed by atoms with van der Waals surface area (Å²) in [6, 6.07) is 53.0. The van der Waals surface area contributed by atoms with Crippen molar-refractivity contribution >= 4 is 49.4 Å². The highest BCUT2D eigenvalue weighted by molar-refractivity contribution is 6.08. The molecule has 210 valence electrons. The van der Waals surface area contributed by atoms with Crippen LogP contribution in [-0.2, 0) is 0 Å². The molecule has 0 saturated carbocycles. The molecule has 0 bridgehead atoms. The van der Waals surface area contributed by atoms with E-state index >= 15 is 0 Å². The molecule has 3 heteroatoms. The summed E-state index contributed by atoms with van der Waals surface area (Å²) in [7, 11) is 0. The highest BCUT2D eigenvalue weighted by atomic mass is 15.3. The Labute approximate surface area is 261 Å². The van der Waals surface area contributed by atoms with Gasteiger partial charge < -0.3 is 10.2 Å². The van der Waals surface area contributed by atoms with Crippen LogP contribution in [-0.4, -0.2) is 4.98 Å². The van der Waals surface area contributed by atoms with Gasteiger partial charge in [-0.15, -0.1) is 0 Å². The molecule has 2 aliphatic heterocycles. The second kappa shape index (κ2) is 9.28. The van der Waals surface area contributed by atoms with Gasteiger partial charge in [-0.2, -0.15) is 0 Å². The molecule has 0 radical (unpaired) electrons. The number of fused-ring (bicyclic) bond motifs is 12. The van der Waals surface area contributed by atoms with Gasteiger partial charge in [-0.3, -0.25) is 4.98 Å². The van der Waals surface area contributed by atoms with Crippen molar-refractivity contribution in [2.75, 3.05) is 10.2 Å². The Morgan fingerprint density at radius 1 is 0.489 bits per heavy atom. The van der Waals surface area contributed by atoms with Crippen LogP contribution in [0, 0.1) is 0 Å². The minimum atomic E-state index is -0.00168. The molecule has 0 saturated heterocycles. The molecule has 1 unspecified atom stereocenters. The molecule has 2 aliphatic rings. The maximum atomic E-state index is 4.97. The van der Waals surface area contributed by atoms with Crippen molar-refractivity contribution < 1.29 is 0 Å². The first kappa shape index (κ1) is 24.5. The first-order valence-electron chi connectivity index (χ1n) is 15.5. The molecule has 3 nitrogen and oxygen atoms in total. The molecular formula is C42H27N3. The number of para-hydroxylation sites is 2. The number of rotatable bonds is 2. The van der Waals surface area contributed by atoms with Crippen LogP contribution in [0.15, 0.2) is 152 Å². The number of nitrogens with zero attached hydrogens (tertiary/aromatic N) is 2. The highest BCUT2D eigenvalue weighted by Crippen LogP contribution is 2.55. The van der Waals surface area contributed by atoms with Crippen molar-refractivity contribution in [3.05, 3.63) is 157 Å². The van der Waals surface area contributed by atoms with E-state index in [1.165, 1.54) is 71.4 Å². The van der Waals surface area contributed by atoms with Crippen LogP contribution in [0.4, 0.5) is 17.1 Å². The van der Waals surface area contributed by atoms with E-state index in [0.717, 1.165) is 17.1 Å². The van der Waals surface area contributed by atoms with Gasteiger partial charge in [-0.1, -0.05) is 97.1 Å². The van der Waals surface area contributed by atoms with E-state index in [-0.39, 0.29) is 6.17 Å². The fourth-order valence-electron chi connectivity index (χ4n) is 7.51. The van der Waals surface area contributed by atoms with Crippen molar-refractivity contribution in [3.63, 3.8) is 0 Å². The molecular weight excluding hydrogens is 546 g/mol.